The van der Waals surface area contributed by atoms with Crippen LogP contribution in [0.2, 0.25) is 0 Å². The summed E-state index contributed by atoms with van der Waals surface area (Å²) >= 11 is 0. The van der Waals surface area contributed by atoms with Gasteiger partial charge in [-0.2, -0.15) is 0 Å². The first kappa shape index (κ1) is 14.5. The summed E-state index contributed by atoms with van der Waals surface area (Å²) in [4.78, 5) is 2.43. The molecule has 3 atom stereocenters. The van der Waals surface area contributed by atoms with E-state index in [1.54, 1.807) is 0 Å². The minimum atomic E-state index is 0.0480. The molecule has 1 aromatic rings. The number of benzene rings is 1. The van der Waals surface area contributed by atoms with Crippen molar-refractivity contribution in [2.45, 2.75) is 38.4 Å². The van der Waals surface area contributed by atoms with Gasteiger partial charge in [-0.1, -0.05) is 44.2 Å². The SMILES string of the molecule is CC(C)C(C(N)c1ccccc1)N(C)C1CCOC1. The fourth-order valence-corrected chi connectivity index (χ4v) is 3.10. The van der Waals surface area contributed by atoms with E-state index in [0.717, 1.165) is 19.6 Å². The maximum absolute atomic E-state index is 6.53. The Bertz CT molecular complexity index is 374. The second-order valence-electron chi connectivity index (χ2n) is 5.85. The predicted octanol–water partition coefficient (Wildman–Crippen LogP) is 2.43. The summed E-state index contributed by atoms with van der Waals surface area (Å²) in [6.07, 6.45) is 1.11. The van der Waals surface area contributed by atoms with Crippen LogP contribution in [-0.2, 0) is 4.74 Å². The Morgan fingerprint density at radius 2 is 1.95 bits per heavy atom. The lowest BCUT2D eigenvalue weighted by Crippen LogP contribution is -2.49. The smallest absolute Gasteiger partial charge is 0.0622 e. The van der Waals surface area contributed by atoms with Crippen molar-refractivity contribution in [1.29, 1.82) is 0 Å². The Morgan fingerprint density at radius 3 is 2.47 bits per heavy atom. The molecule has 0 aliphatic carbocycles. The van der Waals surface area contributed by atoms with E-state index in [1.807, 2.05) is 6.07 Å². The topological polar surface area (TPSA) is 38.5 Å². The van der Waals surface area contributed by atoms with E-state index in [0.29, 0.717) is 18.0 Å². The second-order valence-corrected chi connectivity index (χ2v) is 5.85. The number of hydrogen-bond acceptors (Lipinski definition) is 3. The zero-order valence-electron chi connectivity index (χ0n) is 12.3. The number of nitrogens with zero attached hydrogens (tertiary/aromatic N) is 1. The van der Waals surface area contributed by atoms with Gasteiger partial charge in [-0.15, -0.1) is 0 Å². The van der Waals surface area contributed by atoms with E-state index in [4.69, 9.17) is 10.5 Å². The van der Waals surface area contributed by atoms with Crippen LogP contribution in [0.3, 0.4) is 0 Å². The first-order chi connectivity index (χ1) is 9.11. The molecule has 19 heavy (non-hydrogen) atoms. The summed E-state index contributed by atoms with van der Waals surface area (Å²) in [7, 11) is 2.19. The van der Waals surface area contributed by atoms with Crippen LogP contribution in [0.1, 0.15) is 31.9 Å². The summed E-state index contributed by atoms with van der Waals surface area (Å²) in [5, 5.41) is 0. The van der Waals surface area contributed by atoms with E-state index < -0.39 is 0 Å². The van der Waals surface area contributed by atoms with Gasteiger partial charge >= 0.3 is 0 Å². The maximum atomic E-state index is 6.53. The molecule has 0 bridgehead atoms. The Labute approximate surface area is 116 Å². The molecule has 1 fully saturated rings. The first-order valence-corrected chi connectivity index (χ1v) is 7.21. The summed E-state index contributed by atoms with van der Waals surface area (Å²) in [6.45, 7) is 6.21. The third-order valence-electron chi connectivity index (χ3n) is 4.19. The highest BCUT2D eigenvalue weighted by molar-refractivity contribution is 5.20. The fourth-order valence-electron chi connectivity index (χ4n) is 3.10. The quantitative estimate of drug-likeness (QED) is 0.885. The molecule has 1 heterocycles. The average Bonchev–Trinajstić information content (AvgIpc) is 2.93. The molecule has 3 unspecified atom stereocenters. The van der Waals surface area contributed by atoms with Gasteiger partial charge in [0.05, 0.1) is 6.61 Å². The zero-order chi connectivity index (χ0) is 13.8. The predicted molar refractivity (Wildman–Crippen MR) is 79.0 cm³/mol. The summed E-state index contributed by atoms with van der Waals surface area (Å²) in [6, 6.07) is 11.3. The lowest BCUT2D eigenvalue weighted by molar-refractivity contribution is 0.0957. The third-order valence-corrected chi connectivity index (χ3v) is 4.19. The van der Waals surface area contributed by atoms with Gasteiger partial charge in [-0.25, -0.2) is 0 Å². The van der Waals surface area contributed by atoms with Crippen LogP contribution in [0.15, 0.2) is 30.3 Å². The molecule has 106 valence electrons. The van der Waals surface area contributed by atoms with Crippen molar-refractivity contribution >= 4 is 0 Å². The molecule has 0 radical (unpaired) electrons. The van der Waals surface area contributed by atoms with Crippen LogP contribution >= 0.6 is 0 Å². The lowest BCUT2D eigenvalue weighted by atomic mass is 9.89. The summed E-state index contributed by atoms with van der Waals surface area (Å²) in [5.74, 6) is 0.515. The monoisotopic (exact) mass is 262 g/mol. The van der Waals surface area contributed by atoms with Crippen LogP contribution < -0.4 is 5.73 Å². The van der Waals surface area contributed by atoms with Crippen LogP contribution in [0.5, 0.6) is 0 Å². The lowest BCUT2D eigenvalue weighted by Gasteiger charge is -2.39. The number of rotatable bonds is 5. The molecular formula is C16H26N2O. The van der Waals surface area contributed by atoms with Gasteiger partial charge in [0.25, 0.3) is 0 Å². The van der Waals surface area contributed by atoms with E-state index in [-0.39, 0.29) is 6.04 Å². The molecule has 1 aliphatic heterocycles. The van der Waals surface area contributed by atoms with Crippen LogP contribution in [0.4, 0.5) is 0 Å². The molecule has 0 aromatic heterocycles. The van der Waals surface area contributed by atoms with E-state index >= 15 is 0 Å². The molecule has 0 saturated carbocycles. The van der Waals surface area contributed by atoms with Crippen molar-refractivity contribution in [2.24, 2.45) is 11.7 Å². The van der Waals surface area contributed by atoms with Gasteiger partial charge in [0.1, 0.15) is 0 Å². The number of likely N-dealkylation sites (N-methyl/N-ethyl adjacent to an activating group) is 1. The number of ether oxygens (including phenoxy) is 1. The van der Waals surface area contributed by atoms with Gasteiger partial charge in [0, 0.05) is 24.7 Å². The van der Waals surface area contributed by atoms with Crippen molar-refractivity contribution in [3.8, 4) is 0 Å². The normalized spacial score (nSPS) is 22.9. The molecule has 0 amide bonds. The van der Waals surface area contributed by atoms with Gasteiger partial charge in [-0.05, 0) is 24.9 Å². The molecule has 1 aromatic carbocycles. The highest BCUT2D eigenvalue weighted by Crippen LogP contribution is 2.27. The minimum Gasteiger partial charge on any atom is -0.380 e. The minimum absolute atomic E-state index is 0.0480. The van der Waals surface area contributed by atoms with Crippen molar-refractivity contribution in [3.05, 3.63) is 35.9 Å². The Morgan fingerprint density at radius 1 is 1.26 bits per heavy atom. The van der Waals surface area contributed by atoms with Crippen LogP contribution in [0, 0.1) is 5.92 Å². The fraction of sp³-hybridized carbons (Fsp3) is 0.625. The van der Waals surface area contributed by atoms with Gasteiger partial charge in [-0.3, -0.25) is 4.90 Å². The highest BCUT2D eigenvalue weighted by atomic mass is 16.5. The molecule has 2 N–H and O–H groups in total. The Kier molecular flexibility index (Phi) is 4.97. The Balaban J connectivity index is 2.15. The number of nitrogens with two attached hydrogens (primary N) is 1. The molecular weight excluding hydrogens is 236 g/mol. The summed E-state index contributed by atoms with van der Waals surface area (Å²) < 4.78 is 5.51. The Hall–Kier alpha value is -0.900. The summed E-state index contributed by atoms with van der Waals surface area (Å²) in [5.41, 5.74) is 7.74. The first-order valence-electron chi connectivity index (χ1n) is 7.21. The molecule has 3 nitrogen and oxygen atoms in total. The van der Waals surface area contributed by atoms with Crippen molar-refractivity contribution in [1.82, 2.24) is 4.90 Å². The number of hydrogen-bond donors (Lipinski definition) is 1. The van der Waals surface area contributed by atoms with Gasteiger partial charge in [0.15, 0.2) is 0 Å². The highest BCUT2D eigenvalue weighted by Gasteiger charge is 2.32. The third kappa shape index (κ3) is 3.35. The second kappa shape index (κ2) is 6.51. The van der Waals surface area contributed by atoms with Crippen LogP contribution in [-0.4, -0.2) is 37.2 Å². The largest absolute Gasteiger partial charge is 0.380 e. The van der Waals surface area contributed by atoms with Crippen LogP contribution in [0.25, 0.3) is 0 Å². The zero-order valence-corrected chi connectivity index (χ0v) is 12.3. The van der Waals surface area contributed by atoms with Gasteiger partial charge < -0.3 is 10.5 Å². The van der Waals surface area contributed by atoms with Gasteiger partial charge in [0.2, 0.25) is 0 Å². The van der Waals surface area contributed by atoms with E-state index in [2.05, 4.69) is 50.1 Å². The standard InChI is InChI=1S/C16H26N2O/c1-12(2)16(18(3)14-9-10-19-11-14)15(17)13-7-5-4-6-8-13/h4-8,12,14-16H,9-11,17H2,1-3H3. The maximum Gasteiger partial charge on any atom is 0.0622 e. The van der Waals surface area contributed by atoms with Crippen molar-refractivity contribution in [2.75, 3.05) is 20.3 Å². The van der Waals surface area contributed by atoms with Crippen molar-refractivity contribution in [3.63, 3.8) is 0 Å². The molecule has 0 spiro atoms. The average molecular weight is 262 g/mol. The van der Waals surface area contributed by atoms with Crippen molar-refractivity contribution < 1.29 is 4.74 Å². The van der Waals surface area contributed by atoms with E-state index in [9.17, 15) is 0 Å². The molecule has 2 rings (SSSR count). The molecule has 1 aliphatic rings. The molecule has 3 heteroatoms. The van der Waals surface area contributed by atoms with E-state index in [1.165, 1.54) is 5.56 Å². The molecule has 1 saturated heterocycles.